The van der Waals surface area contributed by atoms with E-state index >= 15 is 0 Å². The molecule has 0 N–H and O–H groups in total. The Balaban J connectivity index is 1.74. The van der Waals surface area contributed by atoms with Gasteiger partial charge in [-0.1, -0.05) is 56.4 Å². The highest BCUT2D eigenvalue weighted by Gasteiger charge is 2.13. The zero-order valence-corrected chi connectivity index (χ0v) is 13.9. The van der Waals surface area contributed by atoms with E-state index in [-0.39, 0.29) is 6.29 Å². The van der Waals surface area contributed by atoms with Crippen LogP contribution < -0.4 is 0 Å². The summed E-state index contributed by atoms with van der Waals surface area (Å²) in [6, 6.07) is 0. The second-order valence-corrected chi connectivity index (χ2v) is 5.88. The Hall–Kier alpha value is -0.600. The SMILES string of the molecule is CC=CC=CCCCCCCCCCOC1CCCCO1. The van der Waals surface area contributed by atoms with Crippen molar-refractivity contribution in [2.75, 3.05) is 13.2 Å². The van der Waals surface area contributed by atoms with Crippen LogP contribution in [0.25, 0.3) is 0 Å². The van der Waals surface area contributed by atoms with Gasteiger partial charge in [0.05, 0.1) is 0 Å². The molecular formula is C19H34O2. The molecule has 21 heavy (non-hydrogen) atoms. The smallest absolute Gasteiger partial charge is 0.157 e. The van der Waals surface area contributed by atoms with Crippen LogP contribution in [0.5, 0.6) is 0 Å². The van der Waals surface area contributed by atoms with E-state index in [2.05, 4.69) is 31.2 Å². The van der Waals surface area contributed by atoms with Crippen molar-refractivity contribution >= 4 is 0 Å². The van der Waals surface area contributed by atoms with Gasteiger partial charge in [0, 0.05) is 13.2 Å². The van der Waals surface area contributed by atoms with E-state index in [1.807, 2.05) is 0 Å². The van der Waals surface area contributed by atoms with E-state index in [1.54, 1.807) is 0 Å². The molecule has 2 nitrogen and oxygen atoms in total. The Kier molecular flexibility index (Phi) is 12.6. The maximum atomic E-state index is 5.74. The van der Waals surface area contributed by atoms with Crippen LogP contribution in [0.15, 0.2) is 24.3 Å². The molecular weight excluding hydrogens is 260 g/mol. The first-order valence-electron chi connectivity index (χ1n) is 8.94. The third-order valence-corrected chi connectivity index (χ3v) is 3.90. The van der Waals surface area contributed by atoms with Gasteiger partial charge in [-0.25, -0.2) is 0 Å². The summed E-state index contributed by atoms with van der Waals surface area (Å²) in [7, 11) is 0. The predicted molar refractivity (Wildman–Crippen MR) is 90.4 cm³/mol. The number of hydrogen-bond donors (Lipinski definition) is 0. The van der Waals surface area contributed by atoms with Gasteiger partial charge < -0.3 is 9.47 Å². The molecule has 1 saturated heterocycles. The second kappa shape index (κ2) is 14.3. The minimum absolute atomic E-state index is 0.0920. The van der Waals surface area contributed by atoms with Gasteiger partial charge in [-0.3, -0.25) is 0 Å². The van der Waals surface area contributed by atoms with E-state index in [1.165, 1.54) is 64.2 Å². The average molecular weight is 294 g/mol. The van der Waals surface area contributed by atoms with Crippen LogP contribution in [0.4, 0.5) is 0 Å². The standard InChI is InChI=1S/C19H34O2/c1-2-3-4-5-6-7-8-9-10-11-12-14-17-20-19-16-13-15-18-21-19/h2-5,19H,6-18H2,1H3. The molecule has 1 atom stereocenters. The highest BCUT2D eigenvalue weighted by atomic mass is 16.7. The predicted octanol–water partition coefficient (Wildman–Crippen LogP) is 5.78. The molecule has 0 saturated carbocycles. The monoisotopic (exact) mass is 294 g/mol. The molecule has 1 rings (SSSR count). The van der Waals surface area contributed by atoms with Crippen molar-refractivity contribution in [3.63, 3.8) is 0 Å². The zero-order valence-electron chi connectivity index (χ0n) is 13.9. The topological polar surface area (TPSA) is 18.5 Å². The van der Waals surface area contributed by atoms with E-state index in [0.29, 0.717) is 0 Å². The van der Waals surface area contributed by atoms with Gasteiger partial charge in [-0.05, 0) is 45.4 Å². The highest BCUT2D eigenvalue weighted by molar-refractivity contribution is 5.00. The van der Waals surface area contributed by atoms with Crippen LogP contribution in [0, 0.1) is 0 Å². The average Bonchev–Trinajstić information content (AvgIpc) is 2.53. The van der Waals surface area contributed by atoms with Gasteiger partial charge in [0.1, 0.15) is 0 Å². The van der Waals surface area contributed by atoms with E-state index in [9.17, 15) is 0 Å². The molecule has 1 fully saturated rings. The van der Waals surface area contributed by atoms with Gasteiger partial charge in [-0.2, -0.15) is 0 Å². The van der Waals surface area contributed by atoms with Crippen molar-refractivity contribution in [2.45, 2.75) is 83.8 Å². The molecule has 0 spiro atoms. The molecule has 1 heterocycles. The first-order chi connectivity index (χ1) is 10.4. The Labute approximate surface area is 131 Å². The van der Waals surface area contributed by atoms with Crippen LogP contribution in [0.2, 0.25) is 0 Å². The lowest BCUT2D eigenvalue weighted by molar-refractivity contribution is -0.162. The van der Waals surface area contributed by atoms with Gasteiger partial charge in [0.2, 0.25) is 0 Å². The first kappa shape index (κ1) is 18.4. The van der Waals surface area contributed by atoms with Crippen LogP contribution in [-0.4, -0.2) is 19.5 Å². The van der Waals surface area contributed by atoms with Crippen molar-refractivity contribution in [3.05, 3.63) is 24.3 Å². The minimum atomic E-state index is 0.0920. The van der Waals surface area contributed by atoms with Gasteiger partial charge in [0.25, 0.3) is 0 Å². The van der Waals surface area contributed by atoms with Crippen molar-refractivity contribution in [3.8, 4) is 0 Å². The Morgan fingerprint density at radius 3 is 2.43 bits per heavy atom. The summed E-state index contributed by atoms with van der Waals surface area (Å²) in [5.41, 5.74) is 0. The van der Waals surface area contributed by atoms with Crippen LogP contribution in [-0.2, 0) is 9.47 Å². The quantitative estimate of drug-likeness (QED) is 0.335. The number of rotatable bonds is 12. The summed E-state index contributed by atoms with van der Waals surface area (Å²) in [5.74, 6) is 0. The molecule has 0 aromatic carbocycles. The molecule has 0 bridgehead atoms. The highest BCUT2D eigenvalue weighted by Crippen LogP contribution is 2.14. The zero-order chi connectivity index (χ0) is 15.0. The van der Waals surface area contributed by atoms with E-state index < -0.39 is 0 Å². The molecule has 0 amide bonds. The number of hydrogen-bond acceptors (Lipinski definition) is 2. The fraction of sp³-hybridized carbons (Fsp3) is 0.789. The molecule has 2 heteroatoms. The molecule has 0 radical (unpaired) electrons. The fourth-order valence-corrected chi connectivity index (χ4v) is 2.59. The van der Waals surface area contributed by atoms with Crippen LogP contribution in [0.1, 0.15) is 77.6 Å². The molecule has 1 unspecified atom stereocenters. The Morgan fingerprint density at radius 2 is 1.71 bits per heavy atom. The second-order valence-electron chi connectivity index (χ2n) is 5.88. The molecule has 122 valence electrons. The normalized spacial score (nSPS) is 19.8. The molecule has 0 aliphatic carbocycles. The van der Waals surface area contributed by atoms with Gasteiger partial charge in [0.15, 0.2) is 6.29 Å². The Morgan fingerprint density at radius 1 is 0.952 bits per heavy atom. The largest absolute Gasteiger partial charge is 0.353 e. The first-order valence-corrected chi connectivity index (χ1v) is 8.94. The number of unbranched alkanes of at least 4 members (excludes halogenated alkanes) is 7. The lowest BCUT2D eigenvalue weighted by Gasteiger charge is -2.22. The fourth-order valence-electron chi connectivity index (χ4n) is 2.59. The van der Waals surface area contributed by atoms with E-state index in [4.69, 9.17) is 9.47 Å². The third-order valence-electron chi connectivity index (χ3n) is 3.90. The van der Waals surface area contributed by atoms with Crippen molar-refractivity contribution in [1.82, 2.24) is 0 Å². The summed E-state index contributed by atoms with van der Waals surface area (Å²) < 4.78 is 11.3. The van der Waals surface area contributed by atoms with Crippen LogP contribution in [0.3, 0.4) is 0 Å². The summed E-state index contributed by atoms with van der Waals surface area (Å²) >= 11 is 0. The summed E-state index contributed by atoms with van der Waals surface area (Å²) in [5, 5.41) is 0. The van der Waals surface area contributed by atoms with Crippen molar-refractivity contribution in [1.29, 1.82) is 0 Å². The van der Waals surface area contributed by atoms with Crippen molar-refractivity contribution in [2.24, 2.45) is 0 Å². The minimum Gasteiger partial charge on any atom is -0.353 e. The maximum Gasteiger partial charge on any atom is 0.157 e. The summed E-state index contributed by atoms with van der Waals surface area (Å²) in [4.78, 5) is 0. The number of ether oxygens (including phenoxy) is 2. The van der Waals surface area contributed by atoms with Crippen molar-refractivity contribution < 1.29 is 9.47 Å². The van der Waals surface area contributed by atoms with E-state index in [0.717, 1.165) is 19.6 Å². The summed E-state index contributed by atoms with van der Waals surface area (Å²) in [6.07, 6.45) is 22.7. The summed E-state index contributed by atoms with van der Waals surface area (Å²) in [6.45, 7) is 3.81. The molecule has 0 aromatic heterocycles. The molecule has 1 aliphatic rings. The molecule has 1 aliphatic heterocycles. The van der Waals surface area contributed by atoms with Gasteiger partial charge >= 0.3 is 0 Å². The maximum absolute atomic E-state index is 5.74. The lowest BCUT2D eigenvalue weighted by Crippen LogP contribution is -2.22. The van der Waals surface area contributed by atoms with Gasteiger partial charge in [-0.15, -0.1) is 0 Å². The molecule has 0 aromatic rings. The van der Waals surface area contributed by atoms with Crippen LogP contribution >= 0.6 is 0 Å². The third kappa shape index (κ3) is 11.7. The Bertz CT molecular complexity index is 265. The number of allylic oxidation sites excluding steroid dienone is 4. The lowest BCUT2D eigenvalue weighted by atomic mass is 10.1.